The monoisotopic (exact) mass is 303 g/mol. The second-order valence-corrected chi connectivity index (χ2v) is 5.05. The molecule has 0 fully saturated rings. The SMILES string of the molecule is O=C(Cc1cccc(Cl)c1)Nc1n[nH]c2cc(F)ccc12. The largest absolute Gasteiger partial charge is 0.308 e. The topological polar surface area (TPSA) is 57.8 Å². The zero-order chi connectivity index (χ0) is 14.8. The summed E-state index contributed by atoms with van der Waals surface area (Å²) in [4.78, 5) is 12.0. The van der Waals surface area contributed by atoms with Crippen molar-refractivity contribution in [2.75, 3.05) is 5.32 Å². The normalized spacial score (nSPS) is 10.8. The fourth-order valence-electron chi connectivity index (χ4n) is 2.10. The molecule has 1 aromatic heterocycles. The van der Waals surface area contributed by atoms with Crippen LogP contribution in [0.15, 0.2) is 42.5 Å². The van der Waals surface area contributed by atoms with E-state index in [9.17, 15) is 9.18 Å². The lowest BCUT2D eigenvalue weighted by Crippen LogP contribution is -2.14. The second kappa shape index (κ2) is 5.54. The van der Waals surface area contributed by atoms with Crippen molar-refractivity contribution in [2.45, 2.75) is 6.42 Å². The van der Waals surface area contributed by atoms with Crippen LogP contribution in [-0.4, -0.2) is 16.1 Å². The molecule has 0 saturated carbocycles. The number of nitrogens with one attached hydrogen (secondary N) is 2. The van der Waals surface area contributed by atoms with Crippen LogP contribution in [0.25, 0.3) is 10.9 Å². The van der Waals surface area contributed by atoms with Crippen molar-refractivity contribution in [2.24, 2.45) is 0 Å². The van der Waals surface area contributed by atoms with Gasteiger partial charge < -0.3 is 5.32 Å². The van der Waals surface area contributed by atoms with Gasteiger partial charge in [0, 0.05) is 10.4 Å². The molecular formula is C15H11ClFN3O. The number of carbonyl (C=O) groups is 1. The zero-order valence-electron chi connectivity index (χ0n) is 10.9. The fourth-order valence-corrected chi connectivity index (χ4v) is 2.31. The minimum Gasteiger partial charge on any atom is -0.308 e. The molecule has 0 aliphatic rings. The third-order valence-corrected chi connectivity index (χ3v) is 3.27. The first kappa shape index (κ1) is 13.6. The van der Waals surface area contributed by atoms with E-state index in [-0.39, 0.29) is 18.1 Å². The highest BCUT2D eigenvalue weighted by molar-refractivity contribution is 6.30. The van der Waals surface area contributed by atoms with Gasteiger partial charge in [0.2, 0.25) is 5.91 Å². The molecule has 4 nitrogen and oxygen atoms in total. The van der Waals surface area contributed by atoms with Crippen molar-refractivity contribution in [1.29, 1.82) is 0 Å². The van der Waals surface area contributed by atoms with Crippen LogP contribution >= 0.6 is 11.6 Å². The van der Waals surface area contributed by atoms with Crippen molar-refractivity contribution < 1.29 is 9.18 Å². The first-order valence-corrected chi connectivity index (χ1v) is 6.67. The second-order valence-electron chi connectivity index (χ2n) is 4.62. The van der Waals surface area contributed by atoms with Crippen molar-refractivity contribution in [1.82, 2.24) is 10.2 Å². The predicted octanol–water partition coefficient (Wildman–Crippen LogP) is 3.54. The number of nitrogens with zero attached hydrogens (tertiary/aromatic N) is 1. The number of anilines is 1. The molecule has 0 bridgehead atoms. The van der Waals surface area contributed by atoms with E-state index in [0.717, 1.165) is 5.56 Å². The van der Waals surface area contributed by atoms with E-state index in [2.05, 4.69) is 15.5 Å². The Hall–Kier alpha value is -2.40. The van der Waals surface area contributed by atoms with Crippen molar-refractivity contribution in [3.8, 4) is 0 Å². The van der Waals surface area contributed by atoms with E-state index in [1.807, 2.05) is 6.07 Å². The van der Waals surface area contributed by atoms with Crippen LogP contribution in [0, 0.1) is 5.82 Å². The summed E-state index contributed by atoms with van der Waals surface area (Å²) in [6.07, 6.45) is 0.191. The number of hydrogen-bond acceptors (Lipinski definition) is 2. The van der Waals surface area contributed by atoms with E-state index >= 15 is 0 Å². The highest BCUT2D eigenvalue weighted by atomic mass is 35.5. The van der Waals surface area contributed by atoms with Crippen LogP contribution in [0.2, 0.25) is 5.02 Å². The summed E-state index contributed by atoms with van der Waals surface area (Å²) in [5.41, 5.74) is 1.35. The molecule has 0 aliphatic heterocycles. The smallest absolute Gasteiger partial charge is 0.230 e. The van der Waals surface area contributed by atoms with E-state index < -0.39 is 0 Å². The van der Waals surface area contributed by atoms with Gasteiger partial charge in [0.15, 0.2) is 5.82 Å². The maximum absolute atomic E-state index is 13.1. The Balaban J connectivity index is 1.77. The van der Waals surface area contributed by atoms with Gasteiger partial charge in [-0.25, -0.2) is 4.39 Å². The molecule has 0 aliphatic carbocycles. The predicted molar refractivity (Wildman–Crippen MR) is 79.8 cm³/mol. The minimum absolute atomic E-state index is 0.191. The molecule has 3 rings (SSSR count). The van der Waals surface area contributed by atoms with Gasteiger partial charge in [0.1, 0.15) is 5.82 Å². The molecule has 0 spiro atoms. The first-order valence-electron chi connectivity index (χ1n) is 6.30. The summed E-state index contributed by atoms with van der Waals surface area (Å²) >= 11 is 5.88. The van der Waals surface area contributed by atoms with E-state index in [1.54, 1.807) is 24.3 Å². The number of carbonyl (C=O) groups excluding carboxylic acids is 1. The Bertz CT molecular complexity index is 816. The minimum atomic E-state index is -0.358. The number of rotatable bonds is 3. The molecule has 1 heterocycles. The van der Waals surface area contributed by atoms with Crippen LogP contribution in [0.5, 0.6) is 0 Å². The Morgan fingerprint density at radius 2 is 2.14 bits per heavy atom. The Kier molecular flexibility index (Phi) is 3.58. The lowest BCUT2D eigenvalue weighted by atomic mass is 10.1. The number of halogens is 2. The number of H-pyrrole nitrogens is 1. The first-order chi connectivity index (χ1) is 10.1. The number of hydrogen-bond donors (Lipinski definition) is 2. The van der Waals surface area contributed by atoms with Crippen LogP contribution in [0.4, 0.5) is 10.2 Å². The van der Waals surface area contributed by atoms with Gasteiger partial charge in [-0.2, -0.15) is 5.10 Å². The Morgan fingerprint density at radius 3 is 2.95 bits per heavy atom. The molecule has 0 saturated heterocycles. The van der Waals surface area contributed by atoms with E-state index in [4.69, 9.17) is 11.6 Å². The van der Waals surface area contributed by atoms with Gasteiger partial charge >= 0.3 is 0 Å². The van der Waals surface area contributed by atoms with Gasteiger partial charge in [-0.3, -0.25) is 9.89 Å². The van der Waals surface area contributed by atoms with E-state index in [1.165, 1.54) is 12.1 Å². The lowest BCUT2D eigenvalue weighted by Gasteiger charge is -2.03. The van der Waals surface area contributed by atoms with Gasteiger partial charge in [-0.1, -0.05) is 23.7 Å². The van der Waals surface area contributed by atoms with Crippen LogP contribution < -0.4 is 5.32 Å². The Morgan fingerprint density at radius 1 is 1.29 bits per heavy atom. The molecule has 0 atom stereocenters. The number of amides is 1. The summed E-state index contributed by atoms with van der Waals surface area (Å²) in [6.45, 7) is 0. The van der Waals surface area contributed by atoms with E-state index in [0.29, 0.717) is 21.7 Å². The highest BCUT2D eigenvalue weighted by Crippen LogP contribution is 2.21. The molecule has 0 radical (unpaired) electrons. The summed E-state index contributed by atoms with van der Waals surface area (Å²) < 4.78 is 13.1. The molecule has 2 N–H and O–H groups in total. The quantitative estimate of drug-likeness (QED) is 0.777. The highest BCUT2D eigenvalue weighted by Gasteiger charge is 2.10. The third kappa shape index (κ3) is 3.03. The molecule has 1 amide bonds. The van der Waals surface area contributed by atoms with Crippen LogP contribution in [0.1, 0.15) is 5.56 Å². The molecule has 2 aromatic carbocycles. The maximum Gasteiger partial charge on any atom is 0.230 e. The van der Waals surface area contributed by atoms with Crippen LogP contribution in [-0.2, 0) is 11.2 Å². The lowest BCUT2D eigenvalue weighted by molar-refractivity contribution is -0.115. The van der Waals surface area contributed by atoms with Crippen molar-refractivity contribution in [3.05, 3.63) is 58.9 Å². The van der Waals surface area contributed by atoms with Crippen molar-refractivity contribution in [3.63, 3.8) is 0 Å². The number of fused-ring (bicyclic) bond motifs is 1. The number of benzene rings is 2. The average Bonchev–Trinajstić information content (AvgIpc) is 2.81. The average molecular weight is 304 g/mol. The van der Waals surface area contributed by atoms with Gasteiger partial charge in [0.05, 0.1) is 11.9 Å². The fraction of sp³-hybridized carbons (Fsp3) is 0.0667. The third-order valence-electron chi connectivity index (χ3n) is 3.04. The molecule has 106 valence electrons. The summed E-state index contributed by atoms with van der Waals surface area (Å²) in [7, 11) is 0. The number of aromatic nitrogens is 2. The van der Waals surface area contributed by atoms with Gasteiger partial charge in [-0.05, 0) is 35.9 Å². The summed E-state index contributed by atoms with van der Waals surface area (Å²) in [5.74, 6) is -0.185. The van der Waals surface area contributed by atoms with Crippen molar-refractivity contribution >= 4 is 34.2 Å². The molecule has 3 aromatic rings. The van der Waals surface area contributed by atoms with Gasteiger partial charge in [-0.15, -0.1) is 0 Å². The standard InChI is InChI=1S/C15H11ClFN3O/c16-10-3-1-2-9(6-10)7-14(21)18-15-12-5-4-11(17)8-13(12)19-20-15/h1-6,8H,7H2,(H2,18,19,20,21). The maximum atomic E-state index is 13.1. The Labute approximate surface area is 124 Å². The van der Waals surface area contributed by atoms with Gasteiger partial charge in [0.25, 0.3) is 0 Å². The molecule has 0 unspecified atom stereocenters. The summed E-state index contributed by atoms with van der Waals surface area (Å²) in [6, 6.07) is 11.3. The van der Waals surface area contributed by atoms with Crippen LogP contribution in [0.3, 0.4) is 0 Å². The summed E-state index contributed by atoms with van der Waals surface area (Å²) in [5, 5.41) is 10.6. The zero-order valence-corrected chi connectivity index (χ0v) is 11.6. The number of aromatic amines is 1. The molecule has 6 heteroatoms. The molecule has 21 heavy (non-hydrogen) atoms. The molecular weight excluding hydrogens is 293 g/mol.